The zero-order valence-electron chi connectivity index (χ0n) is 19.7. The number of aryl methyl sites for hydroxylation is 3. The fourth-order valence-corrected chi connectivity index (χ4v) is 4.45. The molecule has 0 aliphatic carbocycles. The zero-order valence-corrected chi connectivity index (χ0v) is 20.5. The second kappa shape index (κ2) is 12.5. The van der Waals surface area contributed by atoms with E-state index < -0.39 is 10.0 Å². The lowest BCUT2D eigenvalue weighted by Crippen LogP contribution is -2.33. The first-order valence-corrected chi connectivity index (χ1v) is 13.1. The van der Waals surface area contributed by atoms with Crippen molar-refractivity contribution in [3.8, 4) is 5.75 Å². The zero-order chi connectivity index (χ0) is 23.6. The number of carbonyl (C=O) groups excluding carboxylic acids is 1. The molecule has 6 nitrogen and oxygen atoms in total. The largest absolute Gasteiger partial charge is 0.491 e. The number of anilines is 1. The van der Waals surface area contributed by atoms with E-state index in [1.54, 1.807) is 0 Å². The van der Waals surface area contributed by atoms with E-state index in [0.29, 0.717) is 25.3 Å². The fourth-order valence-electron chi connectivity index (χ4n) is 3.48. The van der Waals surface area contributed by atoms with Crippen LogP contribution in [0.15, 0.2) is 42.5 Å². The minimum Gasteiger partial charge on any atom is -0.491 e. The third-order valence-corrected chi connectivity index (χ3v) is 6.41. The second-order valence-corrected chi connectivity index (χ2v) is 10.1. The third-order valence-electron chi connectivity index (χ3n) is 5.22. The minimum absolute atomic E-state index is 0.113. The molecule has 0 radical (unpaired) electrons. The van der Waals surface area contributed by atoms with Gasteiger partial charge in [0.05, 0.1) is 18.5 Å². The number of hydrogen-bond acceptors (Lipinski definition) is 4. The third kappa shape index (κ3) is 8.54. The van der Waals surface area contributed by atoms with Crippen LogP contribution in [0, 0.1) is 13.8 Å². The molecule has 0 unspecified atom stereocenters. The Morgan fingerprint density at radius 3 is 2.41 bits per heavy atom. The maximum absolute atomic E-state index is 12.3. The van der Waals surface area contributed by atoms with E-state index in [0.717, 1.165) is 30.6 Å². The van der Waals surface area contributed by atoms with Crippen molar-refractivity contribution in [2.45, 2.75) is 52.9 Å². The first-order chi connectivity index (χ1) is 15.2. The van der Waals surface area contributed by atoms with Gasteiger partial charge in [0.25, 0.3) is 0 Å². The number of rotatable bonds is 13. The van der Waals surface area contributed by atoms with Crippen LogP contribution in [-0.2, 0) is 21.2 Å². The van der Waals surface area contributed by atoms with Crippen LogP contribution in [0.2, 0.25) is 0 Å². The molecule has 0 aliphatic rings. The van der Waals surface area contributed by atoms with Crippen molar-refractivity contribution < 1.29 is 17.9 Å². The number of nitrogens with zero attached hydrogens (tertiary/aromatic N) is 1. The lowest BCUT2D eigenvalue weighted by Gasteiger charge is -2.22. The molecule has 0 saturated heterocycles. The van der Waals surface area contributed by atoms with Gasteiger partial charge in [0, 0.05) is 13.0 Å². The van der Waals surface area contributed by atoms with Crippen LogP contribution in [-0.4, -0.2) is 40.3 Å². The van der Waals surface area contributed by atoms with E-state index in [2.05, 4.69) is 18.3 Å². The van der Waals surface area contributed by atoms with Gasteiger partial charge in [0.1, 0.15) is 12.4 Å². The summed E-state index contributed by atoms with van der Waals surface area (Å²) >= 11 is 0. The molecule has 0 saturated carbocycles. The van der Waals surface area contributed by atoms with E-state index in [1.165, 1.54) is 21.7 Å². The molecule has 7 heteroatoms. The van der Waals surface area contributed by atoms with Gasteiger partial charge in [-0.1, -0.05) is 43.2 Å². The Bertz CT molecular complexity index is 972. The monoisotopic (exact) mass is 460 g/mol. The highest BCUT2D eigenvalue weighted by Crippen LogP contribution is 2.20. The van der Waals surface area contributed by atoms with Crippen LogP contribution >= 0.6 is 0 Å². The Morgan fingerprint density at radius 2 is 1.78 bits per heavy atom. The topological polar surface area (TPSA) is 75.7 Å². The Kier molecular flexibility index (Phi) is 10.0. The van der Waals surface area contributed by atoms with Crippen LogP contribution in [0.4, 0.5) is 5.69 Å². The molecule has 2 rings (SSSR count). The van der Waals surface area contributed by atoms with Crippen LogP contribution in [0.25, 0.3) is 0 Å². The predicted octanol–water partition coefficient (Wildman–Crippen LogP) is 4.39. The summed E-state index contributed by atoms with van der Waals surface area (Å²) in [5.74, 6) is 0.701. The summed E-state index contributed by atoms with van der Waals surface area (Å²) < 4.78 is 31.6. The number of amides is 1. The van der Waals surface area contributed by atoms with Crippen molar-refractivity contribution in [2.24, 2.45) is 0 Å². The van der Waals surface area contributed by atoms with Gasteiger partial charge in [-0.25, -0.2) is 8.42 Å². The lowest BCUT2D eigenvalue weighted by atomic mass is 10.1. The summed E-state index contributed by atoms with van der Waals surface area (Å²) in [6.45, 7) is 7.22. The van der Waals surface area contributed by atoms with E-state index >= 15 is 0 Å². The van der Waals surface area contributed by atoms with E-state index in [9.17, 15) is 13.2 Å². The molecule has 0 heterocycles. The van der Waals surface area contributed by atoms with Gasteiger partial charge in [-0.2, -0.15) is 0 Å². The maximum Gasteiger partial charge on any atom is 0.232 e. The molecular formula is C25H36N2O4S. The van der Waals surface area contributed by atoms with Crippen LogP contribution < -0.4 is 14.4 Å². The summed E-state index contributed by atoms with van der Waals surface area (Å²) in [4.78, 5) is 12.1. The van der Waals surface area contributed by atoms with Crippen molar-refractivity contribution in [1.82, 2.24) is 5.32 Å². The predicted molar refractivity (Wildman–Crippen MR) is 131 cm³/mol. The number of carbonyl (C=O) groups is 1. The van der Waals surface area contributed by atoms with Crippen LogP contribution in [0.1, 0.15) is 49.3 Å². The summed E-state index contributed by atoms with van der Waals surface area (Å²) in [5, 5.41) is 2.83. The van der Waals surface area contributed by atoms with E-state index in [1.807, 2.05) is 50.2 Å². The highest BCUT2D eigenvalue weighted by Gasteiger charge is 2.17. The number of benzene rings is 2. The van der Waals surface area contributed by atoms with Crippen molar-refractivity contribution in [2.75, 3.05) is 30.3 Å². The summed E-state index contributed by atoms with van der Waals surface area (Å²) in [6.07, 6.45) is 5.11. The summed E-state index contributed by atoms with van der Waals surface area (Å²) in [7, 11) is -3.42. The van der Waals surface area contributed by atoms with Gasteiger partial charge in [-0.3, -0.25) is 9.10 Å². The highest BCUT2D eigenvalue weighted by atomic mass is 32.2. The van der Waals surface area contributed by atoms with Crippen molar-refractivity contribution in [3.63, 3.8) is 0 Å². The second-order valence-electron chi connectivity index (χ2n) is 8.18. The Labute approximate surface area is 193 Å². The Morgan fingerprint density at radius 1 is 1.06 bits per heavy atom. The van der Waals surface area contributed by atoms with E-state index in [-0.39, 0.29) is 18.9 Å². The lowest BCUT2D eigenvalue weighted by molar-refractivity contribution is -0.121. The number of unbranched alkanes of at least 4 members (excludes halogenated alkanes) is 1. The van der Waals surface area contributed by atoms with Gasteiger partial charge < -0.3 is 10.1 Å². The first-order valence-electron chi connectivity index (χ1n) is 11.2. The first kappa shape index (κ1) is 25.7. The number of hydrogen-bond donors (Lipinski definition) is 1. The van der Waals surface area contributed by atoms with Gasteiger partial charge in [-0.15, -0.1) is 0 Å². The summed E-state index contributed by atoms with van der Waals surface area (Å²) in [5.41, 5.74) is 4.08. The van der Waals surface area contributed by atoms with Gasteiger partial charge >= 0.3 is 0 Å². The fraction of sp³-hybridized carbons (Fsp3) is 0.480. The molecule has 0 aromatic heterocycles. The van der Waals surface area contributed by atoms with Gasteiger partial charge in [0.15, 0.2) is 0 Å². The van der Waals surface area contributed by atoms with Gasteiger partial charge in [-0.05, 0) is 62.4 Å². The molecule has 0 atom stereocenters. The molecule has 2 aromatic carbocycles. The molecule has 176 valence electrons. The highest BCUT2D eigenvalue weighted by molar-refractivity contribution is 7.92. The summed E-state index contributed by atoms with van der Waals surface area (Å²) in [6, 6.07) is 13.6. The number of ether oxygens (including phenoxy) is 1. The number of sulfonamides is 1. The van der Waals surface area contributed by atoms with Crippen molar-refractivity contribution >= 4 is 21.6 Å². The van der Waals surface area contributed by atoms with Gasteiger partial charge in [0.2, 0.25) is 15.9 Å². The molecule has 0 aliphatic heterocycles. The average Bonchev–Trinajstić information content (AvgIpc) is 2.73. The Hall–Kier alpha value is -2.54. The molecule has 0 fully saturated rings. The number of nitrogens with one attached hydrogen (secondary N) is 1. The van der Waals surface area contributed by atoms with Crippen LogP contribution in [0.5, 0.6) is 5.75 Å². The van der Waals surface area contributed by atoms with E-state index in [4.69, 9.17) is 4.74 Å². The molecule has 1 amide bonds. The van der Waals surface area contributed by atoms with Crippen molar-refractivity contribution in [3.05, 3.63) is 59.2 Å². The molecule has 32 heavy (non-hydrogen) atoms. The minimum atomic E-state index is -3.42. The maximum atomic E-state index is 12.3. The van der Waals surface area contributed by atoms with Crippen molar-refractivity contribution in [1.29, 1.82) is 0 Å². The normalized spacial score (nSPS) is 11.2. The molecule has 1 N–H and O–H groups in total. The Balaban J connectivity index is 1.77. The SMILES string of the molecule is CCCCc1ccc(N(CCCC(=O)NCCOc2ccc(C)cc2C)S(C)(=O)=O)cc1. The molecule has 2 aromatic rings. The standard InChI is InChI=1S/C25H36N2O4S/c1-5-6-8-22-11-13-23(14-12-22)27(32(4,29)30)17-7-9-25(28)26-16-18-31-24-15-10-20(2)19-21(24)3/h10-15,19H,5-9,16-18H2,1-4H3,(H,26,28). The van der Waals surface area contributed by atoms with Crippen LogP contribution in [0.3, 0.4) is 0 Å². The molecule has 0 bridgehead atoms. The average molecular weight is 461 g/mol. The molecule has 0 spiro atoms. The quantitative estimate of drug-likeness (QED) is 0.450. The smallest absolute Gasteiger partial charge is 0.232 e. The molecular weight excluding hydrogens is 424 g/mol.